The molecule has 9 heteroatoms. The molecule has 0 bridgehead atoms. The van der Waals surface area contributed by atoms with Crippen LogP contribution in [0, 0.1) is 5.92 Å². The Hall–Kier alpha value is -2.36. The first kappa shape index (κ1) is 19.9. The summed E-state index contributed by atoms with van der Waals surface area (Å²) in [6.07, 6.45) is 0. The molecule has 4 rings (SSSR count). The van der Waals surface area contributed by atoms with Crippen molar-refractivity contribution >= 4 is 54.7 Å². The number of aliphatic imine (C=N–C) groups is 1. The van der Waals surface area contributed by atoms with Crippen LogP contribution in [0.15, 0.2) is 50.7 Å². The van der Waals surface area contributed by atoms with Crippen molar-refractivity contribution in [3.8, 4) is 0 Å². The summed E-state index contributed by atoms with van der Waals surface area (Å²) in [5.74, 6) is -0.637. The fourth-order valence-corrected chi connectivity index (χ4v) is 5.48. The molecule has 2 heterocycles. The fraction of sp³-hybridized carbons (Fsp3) is 0.300. The van der Waals surface area contributed by atoms with Crippen LogP contribution >= 0.6 is 11.8 Å². The summed E-state index contributed by atoms with van der Waals surface area (Å²) in [4.78, 5) is 15.8. The van der Waals surface area contributed by atoms with E-state index in [4.69, 9.17) is 4.42 Å². The van der Waals surface area contributed by atoms with E-state index >= 15 is 0 Å². The minimum atomic E-state index is -4.01. The largest absolute Gasteiger partial charge is 0.480 e. The van der Waals surface area contributed by atoms with E-state index in [1.54, 1.807) is 31.7 Å². The first-order valence-corrected chi connectivity index (χ1v) is 11.6. The number of sulfonamides is 1. The molecule has 0 amide bonds. The van der Waals surface area contributed by atoms with Crippen LogP contribution in [0.2, 0.25) is 0 Å². The minimum Gasteiger partial charge on any atom is -0.480 e. The Morgan fingerprint density at radius 2 is 1.97 bits per heavy atom. The van der Waals surface area contributed by atoms with Gasteiger partial charge < -0.3 is 9.52 Å². The normalized spacial score (nSPS) is 15.9. The zero-order valence-electron chi connectivity index (χ0n) is 15.9. The van der Waals surface area contributed by atoms with Gasteiger partial charge in [-0.2, -0.15) is 4.72 Å². The van der Waals surface area contributed by atoms with Crippen LogP contribution in [-0.4, -0.2) is 42.9 Å². The molecule has 2 aromatic carbocycles. The molecule has 0 radical (unpaired) electrons. The van der Waals surface area contributed by atoms with Crippen molar-refractivity contribution < 1.29 is 22.7 Å². The number of thioether (sulfide) groups is 1. The first-order chi connectivity index (χ1) is 13.8. The minimum absolute atomic E-state index is 0.0353. The van der Waals surface area contributed by atoms with Gasteiger partial charge in [-0.25, -0.2) is 8.42 Å². The number of fused-ring (bicyclic) bond motifs is 3. The summed E-state index contributed by atoms with van der Waals surface area (Å²) < 4.78 is 33.5. The summed E-state index contributed by atoms with van der Waals surface area (Å²) in [7, 11) is -4.01. The van der Waals surface area contributed by atoms with Gasteiger partial charge in [0.1, 0.15) is 17.2 Å². The maximum atomic E-state index is 12.7. The van der Waals surface area contributed by atoms with Crippen LogP contribution in [0.1, 0.15) is 19.4 Å². The fourth-order valence-electron chi connectivity index (χ4n) is 3.27. The summed E-state index contributed by atoms with van der Waals surface area (Å²) in [5, 5.41) is 12.0. The Bertz CT molecular complexity index is 1240. The lowest BCUT2D eigenvalue weighted by Crippen LogP contribution is -2.44. The highest BCUT2D eigenvalue weighted by Gasteiger charge is 2.28. The molecule has 0 saturated heterocycles. The van der Waals surface area contributed by atoms with Crippen LogP contribution in [0.3, 0.4) is 0 Å². The Balaban J connectivity index is 1.74. The number of carboxylic acids is 1. The number of hydrogen-bond donors (Lipinski definition) is 2. The molecule has 0 unspecified atom stereocenters. The molecule has 0 saturated carbocycles. The highest BCUT2D eigenvalue weighted by atomic mass is 32.2. The van der Waals surface area contributed by atoms with Crippen molar-refractivity contribution in [2.24, 2.45) is 10.9 Å². The lowest BCUT2D eigenvalue weighted by molar-refractivity contribution is -0.140. The molecule has 152 valence electrons. The summed E-state index contributed by atoms with van der Waals surface area (Å²) in [6, 6.07) is 9.18. The standard InChI is InChI=1S/C20H20N2O5S2/c1-11(2)18(20(23)24)22-29(25,26)13-4-5-14-15-9-12(19-21-7-8-28-19)3-6-16(15)27-17(14)10-13/h3-6,9-11,18,22H,7-8H2,1-2H3,(H,23,24)/t18-/m0/s1. The third-order valence-electron chi connectivity index (χ3n) is 4.80. The van der Waals surface area contributed by atoms with Crippen LogP contribution in [0.4, 0.5) is 0 Å². The predicted octanol–water partition coefficient (Wildman–Crippen LogP) is 3.47. The van der Waals surface area contributed by atoms with Gasteiger partial charge in [0, 0.05) is 34.7 Å². The van der Waals surface area contributed by atoms with Gasteiger partial charge in [0.15, 0.2) is 0 Å². The van der Waals surface area contributed by atoms with Crippen LogP contribution in [0.25, 0.3) is 21.9 Å². The number of benzene rings is 2. The topological polar surface area (TPSA) is 109 Å². The van der Waals surface area contributed by atoms with Crippen molar-refractivity contribution in [2.45, 2.75) is 24.8 Å². The molecule has 1 aliphatic rings. The maximum Gasteiger partial charge on any atom is 0.322 e. The molecule has 0 spiro atoms. The van der Waals surface area contributed by atoms with E-state index in [9.17, 15) is 18.3 Å². The number of carbonyl (C=O) groups is 1. The number of aliphatic carboxylic acids is 1. The van der Waals surface area contributed by atoms with E-state index in [1.807, 2.05) is 18.2 Å². The second-order valence-corrected chi connectivity index (χ2v) is 9.99. The molecule has 1 atom stereocenters. The van der Waals surface area contributed by atoms with Gasteiger partial charge in [-0.05, 0) is 36.2 Å². The van der Waals surface area contributed by atoms with E-state index in [0.717, 1.165) is 33.7 Å². The zero-order valence-corrected chi connectivity index (χ0v) is 17.5. The molecular weight excluding hydrogens is 412 g/mol. The van der Waals surface area contributed by atoms with Gasteiger partial charge in [0.05, 0.1) is 9.94 Å². The van der Waals surface area contributed by atoms with E-state index in [2.05, 4.69) is 9.71 Å². The van der Waals surface area contributed by atoms with Gasteiger partial charge in [0.2, 0.25) is 10.0 Å². The average Bonchev–Trinajstić information content (AvgIpc) is 3.32. The first-order valence-electron chi connectivity index (χ1n) is 9.15. The molecular formula is C20H20N2O5S2. The number of carboxylic acid groups (broad SMARTS) is 1. The summed E-state index contributed by atoms with van der Waals surface area (Å²) >= 11 is 1.71. The maximum absolute atomic E-state index is 12.7. The van der Waals surface area contributed by atoms with Gasteiger partial charge in [-0.15, -0.1) is 11.8 Å². The molecule has 2 N–H and O–H groups in total. The smallest absolute Gasteiger partial charge is 0.322 e. The van der Waals surface area contributed by atoms with Crippen molar-refractivity contribution in [3.05, 3.63) is 42.0 Å². The highest BCUT2D eigenvalue weighted by molar-refractivity contribution is 8.14. The molecule has 0 fully saturated rings. The molecule has 29 heavy (non-hydrogen) atoms. The number of rotatable bonds is 6. The van der Waals surface area contributed by atoms with Gasteiger partial charge in [0.25, 0.3) is 0 Å². The van der Waals surface area contributed by atoms with E-state index in [0.29, 0.717) is 11.2 Å². The van der Waals surface area contributed by atoms with Crippen LogP contribution in [-0.2, 0) is 14.8 Å². The van der Waals surface area contributed by atoms with Gasteiger partial charge in [-0.1, -0.05) is 13.8 Å². The predicted molar refractivity (Wildman–Crippen MR) is 114 cm³/mol. The second-order valence-electron chi connectivity index (χ2n) is 7.19. The molecule has 0 aliphatic carbocycles. The summed E-state index contributed by atoms with van der Waals surface area (Å²) in [5.41, 5.74) is 2.10. The van der Waals surface area contributed by atoms with Gasteiger partial charge in [-0.3, -0.25) is 9.79 Å². The SMILES string of the molecule is CC(C)[C@H](NS(=O)(=O)c1ccc2c(c1)oc1ccc(C3=NCCS3)cc12)C(=O)O. The highest BCUT2D eigenvalue weighted by Crippen LogP contribution is 2.32. The Labute approximate surface area is 172 Å². The summed E-state index contributed by atoms with van der Waals surface area (Å²) in [6.45, 7) is 4.11. The van der Waals surface area contributed by atoms with E-state index in [1.165, 1.54) is 12.1 Å². The number of furan rings is 1. The lowest BCUT2D eigenvalue weighted by Gasteiger charge is -2.17. The Morgan fingerprint density at radius 3 is 2.62 bits per heavy atom. The van der Waals surface area contributed by atoms with E-state index < -0.39 is 28.0 Å². The zero-order chi connectivity index (χ0) is 20.8. The van der Waals surface area contributed by atoms with Crippen LogP contribution in [0.5, 0.6) is 0 Å². The third-order valence-corrected chi connectivity index (χ3v) is 7.26. The average molecular weight is 433 g/mol. The van der Waals surface area contributed by atoms with Crippen molar-refractivity contribution in [1.82, 2.24) is 4.72 Å². The Kier molecular flexibility index (Phi) is 5.14. The van der Waals surface area contributed by atoms with Crippen LogP contribution < -0.4 is 4.72 Å². The molecule has 3 aromatic rings. The van der Waals surface area contributed by atoms with Crippen molar-refractivity contribution in [1.29, 1.82) is 0 Å². The second kappa shape index (κ2) is 7.47. The number of hydrogen-bond acceptors (Lipinski definition) is 6. The lowest BCUT2D eigenvalue weighted by atomic mass is 10.1. The third kappa shape index (κ3) is 3.77. The Morgan fingerprint density at radius 1 is 1.17 bits per heavy atom. The quantitative estimate of drug-likeness (QED) is 0.617. The molecule has 1 aromatic heterocycles. The molecule has 1 aliphatic heterocycles. The van der Waals surface area contributed by atoms with E-state index in [-0.39, 0.29) is 4.90 Å². The van der Waals surface area contributed by atoms with Crippen molar-refractivity contribution in [3.63, 3.8) is 0 Å². The number of nitrogens with one attached hydrogen (secondary N) is 1. The molecule has 7 nitrogen and oxygen atoms in total. The monoisotopic (exact) mass is 432 g/mol. The number of nitrogens with zero attached hydrogens (tertiary/aromatic N) is 1. The van der Waals surface area contributed by atoms with Crippen molar-refractivity contribution in [2.75, 3.05) is 12.3 Å². The van der Waals surface area contributed by atoms with Gasteiger partial charge >= 0.3 is 5.97 Å².